The number of nitrogens with one attached hydrogen (secondary N) is 2. The third-order valence-electron chi connectivity index (χ3n) is 6.05. The molecule has 27 heavy (non-hydrogen) atoms. The van der Waals surface area contributed by atoms with Gasteiger partial charge in [0.1, 0.15) is 0 Å². The Bertz CT molecular complexity index is 675. The van der Waals surface area contributed by atoms with Crippen molar-refractivity contribution in [2.24, 2.45) is 11.3 Å². The monoisotopic (exact) mass is 371 g/mol. The normalized spacial score (nSPS) is 22.3. The number of carbonyl (C=O) groups excluding carboxylic acids is 2. The van der Waals surface area contributed by atoms with Crippen LogP contribution in [0, 0.1) is 25.2 Å². The Labute approximate surface area is 162 Å². The van der Waals surface area contributed by atoms with Crippen LogP contribution in [0.15, 0.2) is 18.2 Å². The summed E-state index contributed by atoms with van der Waals surface area (Å²) in [6, 6.07) is 5.96. The van der Waals surface area contributed by atoms with Crippen molar-refractivity contribution in [3.05, 3.63) is 34.9 Å². The van der Waals surface area contributed by atoms with E-state index in [2.05, 4.69) is 23.6 Å². The van der Waals surface area contributed by atoms with E-state index in [1.165, 1.54) is 0 Å². The molecule has 1 unspecified atom stereocenters. The minimum Gasteiger partial charge on any atom is -0.355 e. The van der Waals surface area contributed by atoms with Gasteiger partial charge in [-0.1, -0.05) is 24.1 Å². The Morgan fingerprint density at radius 2 is 1.85 bits per heavy atom. The molecule has 0 aliphatic carbocycles. The summed E-state index contributed by atoms with van der Waals surface area (Å²) < 4.78 is 0. The Balaban J connectivity index is 1.58. The Morgan fingerprint density at radius 3 is 2.52 bits per heavy atom. The largest absolute Gasteiger partial charge is 0.355 e. The zero-order valence-corrected chi connectivity index (χ0v) is 16.9. The Hall–Kier alpha value is -1.88. The molecule has 2 heterocycles. The van der Waals surface area contributed by atoms with E-state index >= 15 is 0 Å². The lowest BCUT2D eigenvalue weighted by Crippen LogP contribution is -2.48. The predicted molar refractivity (Wildman–Crippen MR) is 108 cm³/mol. The van der Waals surface area contributed by atoms with Gasteiger partial charge >= 0.3 is 0 Å². The molecule has 2 amide bonds. The van der Waals surface area contributed by atoms with E-state index in [0.717, 1.165) is 68.6 Å². The van der Waals surface area contributed by atoms with Gasteiger partial charge in [-0.3, -0.25) is 9.59 Å². The van der Waals surface area contributed by atoms with Crippen molar-refractivity contribution in [3.63, 3.8) is 0 Å². The molecule has 0 spiro atoms. The van der Waals surface area contributed by atoms with Crippen molar-refractivity contribution in [2.45, 2.75) is 46.5 Å². The first-order chi connectivity index (χ1) is 12.9. The van der Waals surface area contributed by atoms with Crippen LogP contribution < -0.4 is 10.6 Å². The molecule has 2 aliphatic heterocycles. The van der Waals surface area contributed by atoms with Crippen LogP contribution in [0.4, 0.5) is 0 Å². The maximum Gasteiger partial charge on any atom is 0.253 e. The van der Waals surface area contributed by atoms with Crippen molar-refractivity contribution in [2.75, 3.05) is 32.7 Å². The quantitative estimate of drug-likeness (QED) is 0.855. The number of carbonyl (C=O) groups is 2. The highest BCUT2D eigenvalue weighted by Crippen LogP contribution is 2.27. The van der Waals surface area contributed by atoms with E-state index in [4.69, 9.17) is 0 Å². The van der Waals surface area contributed by atoms with Gasteiger partial charge in [0.15, 0.2) is 0 Å². The van der Waals surface area contributed by atoms with Crippen LogP contribution in [0.1, 0.15) is 54.1 Å². The first-order valence-electron chi connectivity index (χ1n) is 10.2. The second-order valence-corrected chi connectivity index (χ2v) is 8.75. The first-order valence-corrected chi connectivity index (χ1v) is 10.2. The Kier molecular flexibility index (Phi) is 6.20. The van der Waals surface area contributed by atoms with Crippen LogP contribution in [-0.2, 0) is 4.79 Å². The summed E-state index contributed by atoms with van der Waals surface area (Å²) in [6.07, 6.45) is 3.93. The lowest BCUT2D eigenvalue weighted by molar-refractivity contribution is -0.126. The molecule has 1 atom stereocenters. The van der Waals surface area contributed by atoms with Gasteiger partial charge in [-0.2, -0.15) is 0 Å². The standard InChI is InChI=1S/C22H33N3O2/c1-16-11-17(2)13-19(12-16)21(27)25-10-4-5-18(14-25)20(26)24-15-22(3)6-8-23-9-7-22/h11-13,18,23H,4-10,14-15H2,1-3H3,(H,24,26). The van der Waals surface area contributed by atoms with Crippen LogP contribution >= 0.6 is 0 Å². The second kappa shape index (κ2) is 8.42. The number of nitrogens with zero attached hydrogens (tertiary/aromatic N) is 1. The van der Waals surface area contributed by atoms with Gasteiger partial charge < -0.3 is 15.5 Å². The molecule has 1 aromatic carbocycles. The smallest absolute Gasteiger partial charge is 0.253 e. The molecule has 0 bridgehead atoms. The lowest BCUT2D eigenvalue weighted by atomic mass is 9.81. The summed E-state index contributed by atoms with van der Waals surface area (Å²) in [5.41, 5.74) is 3.11. The van der Waals surface area contributed by atoms with Gasteiger partial charge in [0.05, 0.1) is 5.92 Å². The average Bonchev–Trinajstić information content (AvgIpc) is 2.65. The molecule has 2 N–H and O–H groups in total. The van der Waals surface area contributed by atoms with E-state index < -0.39 is 0 Å². The van der Waals surface area contributed by atoms with Crippen LogP contribution in [0.3, 0.4) is 0 Å². The van der Waals surface area contributed by atoms with Gasteiger partial charge in [0, 0.05) is 25.2 Å². The summed E-state index contributed by atoms with van der Waals surface area (Å²) in [7, 11) is 0. The number of hydrogen-bond acceptors (Lipinski definition) is 3. The van der Waals surface area contributed by atoms with Gasteiger partial charge in [0.25, 0.3) is 5.91 Å². The predicted octanol–water partition coefficient (Wildman–Crippen LogP) is 2.66. The molecular weight excluding hydrogens is 338 g/mol. The maximum absolute atomic E-state index is 12.9. The third-order valence-corrected chi connectivity index (χ3v) is 6.05. The summed E-state index contributed by atoms with van der Waals surface area (Å²) in [5.74, 6) is 0.0521. The molecule has 148 valence electrons. The van der Waals surface area contributed by atoms with Gasteiger partial charge in [-0.15, -0.1) is 0 Å². The highest BCUT2D eigenvalue weighted by atomic mass is 16.2. The topological polar surface area (TPSA) is 61.4 Å². The maximum atomic E-state index is 12.9. The number of piperidine rings is 2. The van der Waals surface area contributed by atoms with Gasteiger partial charge in [-0.25, -0.2) is 0 Å². The van der Waals surface area contributed by atoms with Crippen molar-refractivity contribution in [3.8, 4) is 0 Å². The molecule has 2 aliphatic rings. The van der Waals surface area contributed by atoms with Gasteiger partial charge in [-0.05, 0) is 70.2 Å². The highest BCUT2D eigenvalue weighted by Gasteiger charge is 2.31. The SMILES string of the molecule is Cc1cc(C)cc(C(=O)N2CCCC(C(=O)NCC3(C)CCNCC3)C2)c1. The molecular formula is C22H33N3O2. The fourth-order valence-electron chi connectivity index (χ4n) is 4.31. The fraction of sp³-hybridized carbons (Fsp3) is 0.636. The summed E-state index contributed by atoms with van der Waals surface area (Å²) in [5, 5.41) is 6.55. The van der Waals surface area contributed by atoms with E-state index in [-0.39, 0.29) is 23.1 Å². The molecule has 5 heteroatoms. The second-order valence-electron chi connectivity index (χ2n) is 8.75. The van der Waals surface area contributed by atoms with E-state index in [9.17, 15) is 9.59 Å². The molecule has 0 radical (unpaired) electrons. The summed E-state index contributed by atoms with van der Waals surface area (Å²) >= 11 is 0. The van der Waals surface area contributed by atoms with Crippen molar-refractivity contribution >= 4 is 11.8 Å². The number of amides is 2. The molecule has 3 rings (SSSR count). The zero-order valence-electron chi connectivity index (χ0n) is 16.9. The number of rotatable bonds is 4. The van der Waals surface area contributed by atoms with Gasteiger partial charge in [0.2, 0.25) is 5.91 Å². The molecule has 0 saturated carbocycles. The average molecular weight is 372 g/mol. The molecule has 0 aromatic heterocycles. The first kappa shape index (κ1) is 19.9. The summed E-state index contributed by atoms with van der Waals surface area (Å²) in [4.78, 5) is 27.5. The van der Waals surface area contributed by atoms with Crippen LogP contribution in [0.25, 0.3) is 0 Å². The number of benzene rings is 1. The molecule has 2 fully saturated rings. The van der Waals surface area contributed by atoms with Crippen molar-refractivity contribution in [1.29, 1.82) is 0 Å². The fourth-order valence-corrected chi connectivity index (χ4v) is 4.31. The number of likely N-dealkylation sites (tertiary alicyclic amines) is 1. The lowest BCUT2D eigenvalue weighted by Gasteiger charge is -2.36. The summed E-state index contributed by atoms with van der Waals surface area (Å²) in [6.45, 7) is 10.3. The zero-order chi connectivity index (χ0) is 19.4. The van der Waals surface area contributed by atoms with E-state index in [1.54, 1.807) is 0 Å². The third kappa shape index (κ3) is 5.10. The van der Waals surface area contributed by atoms with Crippen molar-refractivity contribution in [1.82, 2.24) is 15.5 Å². The molecule has 5 nitrogen and oxygen atoms in total. The minimum absolute atomic E-state index is 0.0459. The Morgan fingerprint density at radius 1 is 1.19 bits per heavy atom. The van der Waals surface area contributed by atoms with Crippen LogP contribution in [0.2, 0.25) is 0 Å². The number of hydrogen-bond donors (Lipinski definition) is 2. The van der Waals surface area contributed by atoms with Crippen LogP contribution in [-0.4, -0.2) is 49.4 Å². The number of aryl methyl sites for hydroxylation is 2. The van der Waals surface area contributed by atoms with Crippen molar-refractivity contribution < 1.29 is 9.59 Å². The molecule has 1 aromatic rings. The molecule has 2 saturated heterocycles. The van der Waals surface area contributed by atoms with E-state index in [1.807, 2.05) is 30.9 Å². The minimum atomic E-state index is -0.0982. The van der Waals surface area contributed by atoms with E-state index in [0.29, 0.717) is 6.54 Å². The highest BCUT2D eigenvalue weighted by molar-refractivity contribution is 5.95. The van der Waals surface area contributed by atoms with Crippen LogP contribution in [0.5, 0.6) is 0 Å².